The van der Waals surface area contributed by atoms with Crippen LogP contribution in [0.15, 0.2) is 0 Å². The van der Waals surface area contributed by atoms with Gasteiger partial charge in [-0.2, -0.15) is 0 Å². The first-order chi connectivity index (χ1) is 8.41. The Morgan fingerprint density at radius 3 is 2.00 bits per heavy atom. The van der Waals surface area contributed by atoms with Gasteiger partial charge in [0.15, 0.2) is 0 Å². The molecular formula is C13H29NO4S. The van der Waals surface area contributed by atoms with Crippen LogP contribution < -0.4 is 4.72 Å². The molecule has 19 heavy (non-hydrogen) atoms. The van der Waals surface area contributed by atoms with Crippen molar-refractivity contribution in [3.05, 3.63) is 0 Å². The Bertz CT molecular complexity index is 339. The number of sulfonamides is 1. The second kappa shape index (κ2) is 7.57. The highest BCUT2D eigenvalue weighted by Gasteiger charge is 2.16. The average molecular weight is 295 g/mol. The van der Waals surface area contributed by atoms with E-state index in [1.807, 2.05) is 41.5 Å². The molecule has 0 fully saturated rings. The lowest BCUT2D eigenvalue weighted by Crippen LogP contribution is -2.35. The third kappa shape index (κ3) is 14.1. The predicted octanol–water partition coefficient (Wildman–Crippen LogP) is 1.78. The maximum atomic E-state index is 11.6. The maximum Gasteiger partial charge on any atom is 0.213 e. The van der Waals surface area contributed by atoms with E-state index in [1.54, 1.807) is 0 Å². The maximum absolute atomic E-state index is 11.6. The van der Waals surface area contributed by atoms with E-state index in [0.29, 0.717) is 19.8 Å². The van der Waals surface area contributed by atoms with Crippen LogP contribution in [-0.2, 0) is 19.5 Å². The van der Waals surface area contributed by atoms with Crippen molar-refractivity contribution < 1.29 is 17.9 Å². The van der Waals surface area contributed by atoms with Crippen molar-refractivity contribution >= 4 is 10.0 Å². The molecule has 5 nitrogen and oxygen atoms in total. The molecule has 1 N–H and O–H groups in total. The highest BCUT2D eigenvalue weighted by Crippen LogP contribution is 2.10. The molecule has 0 spiro atoms. The molecule has 0 atom stereocenters. The topological polar surface area (TPSA) is 64.6 Å². The van der Waals surface area contributed by atoms with Crippen LogP contribution >= 0.6 is 0 Å². The minimum Gasteiger partial charge on any atom is -0.378 e. The summed E-state index contributed by atoms with van der Waals surface area (Å²) in [4.78, 5) is 0. The molecule has 0 aliphatic heterocycles. The lowest BCUT2D eigenvalue weighted by Gasteiger charge is -2.20. The molecule has 0 radical (unpaired) electrons. The molecule has 116 valence electrons. The third-order valence-corrected chi connectivity index (χ3v) is 3.37. The van der Waals surface area contributed by atoms with Crippen molar-refractivity contribution in [2.75, 3.05) is 32.1 Å². The van der Waals surface area contributed by atoms with Crippen molar-refractivity contribution in [3.63, 3.8) is 0 Å². The van der Waals surface area contributed by atoms with Gasteiger partial charge in [-0.1, -0.05) is 20.8 Å². The van der Waals surface area contributed by atoms with E-state index < -0.39 is 10.0 Å². The standard InChI is InChI=1S/C13H29NO4S/c1-12(2,3)11-14-19(15,16)10-9-17-7-8-18-13(4,5)6/h14H,7-11H2,1-6H3. The van der Waals surface area contributed by atoms with Crippen LogP contribution in [0.5, 0.6) is 0 Å². The van der Waals surface area contributed by atoms with Crippen molar-refractivity contribution in [2.24, 2.45) is 5.41 Å². The average Bonchev–Trinajstić information content (AvgIpc) is 2.18. The van der Waals surface area contributed by atoms with E-state index in [9.17, 15) is 8.42 Å². The number of rotatable bonds is 8. The largest absolute Gasteiger partial charge is 0.378 e. The first kappa shape index (κ1) is 18.8. The molecule has 0 aromatic heterocycles. The molecule has 0 unspecified atom stereocenters. The first-order valence-electron chi connectivity index (χ1n) is 6.60. The molecule has 0 aliphatic rings. The number of hydrogen-bond acceptors (Lipinski definition) is 4. The Kier molecular flexibility index (Phi) is 7.50. The van der Waals surface area contributed by atoms with E-state index >= 15 is 0 Å². The Labute approximate surface area is 118 Å². The fourth-order valence-electron chi connectivity index (χ4n) is 1.08. The smallest absolute Gasteiger partial charge is 0.213 e. The zero-order valence-corrected chi connectivity index (χ0v) is 13.9. The molecule has 0 saturated carbocycles. The first-order valence-corrected chi connectivity index (χ1v) is 8.26. The van der Waals surface area contributed by atoms with Gasteiger partial charge in [-0.15, -0.1) is 0 Å². The van der Waals surface area contributed by atoms with Gasteiger partial charge in [0.25, 0.3) is 0 Å². The Morgan fingerprint density at radius 2 is 1.53 bits per heavy atom. The predicted molar refractivity (Wildman–Crippen MR) is 77.8 cm³/mol. The molecule has 6 heteroatoms. The molecule has 0 aliphatic carbocycles. The molecule has 0 rings (SSSR count). The SMILES string of the molecule is CC(C)(C)CNS(=O)(=O)CCOCCOC(C)(C)C. The van der Waals surface area contributed by atoms with Crippen LogP contribution in [0.4, 0.5) is 0 Å². The van der Waals surface area contributed by atoms with Gasteiger partial charge in [-0.3, -0.25) is 0 Å². The number of hydrogen-bond donors (Lipinski definition) is 1. The molecule has 0 aromatic carbocycles. The minimum absolute atomic E-state index is 0.0153. The summed E-state index contributed by atoms with van der Waals surface area (Å²) in [5.74, 6) is -0.0153. The lowest BCUT2D eigenvalue weighted by atomic mass is 9.98. The van der Waals surface area contributed by atoms with Gasteiger partial charge in [-0.25, -0.2) is 13.1 Å². The van der Waals surface area contributed by atoms with Crippen LogP contribution in [0.2, 0.25) is 0 Å². The van der Waals surface area contributed by atoms with Crippen LogP contribution in [0.3, 0.4) is 0 Å². The third-order valence-electron chi connectivity index (χ3n) is 2.08. The fraction of sp³-hybridized carbons (Fsp3) is 1.00. The van der Waals surface area contributed by atoms with Gasteiger partial charge in [0.2, 0.25) is 10.0 Å². The highest BCUT2D eigenvalue weighted by atomic mass is 32.2. The summed E-state index contributed by atoms with van der Waals surface area (Å²) in [7, 11) is -3.25. The van der Waals surface area contributed by atoms with Gasteiger partial charge in [0.1, 0.15) is 0 Å². The zero-order chi connectivity index (χ0) is 15.2. The summed E-state index contributed by atoms with van der Waals surface area (Å²) in [6, 6.07) is 0. The minimum atomic E-state index is -3.25. The molecule has 0 amide bonds. The second-order valence-electron chi connectivity index (χ2n) is 6.77. The summed E-state index contributed by atoms with van der Waals surface area (Å²) in [6.45, 7) is 13.3. The van der Waals surface area contributed by atoms with Crippen molar-refractivity contribution in [3.8, 4) is 0 Å². The normalized spacial score (nSPS) is 13.8. The van der Waals surface area contributed by atoms with Gasteiger partial charge in [0, 0.05) is 6.54 Å². The number of ether oxygens (including phenoxy) is 2. The quantitative estimate of drug-likeness (QED) is 0.693. The summed E-state index contributed by atoms with van der Waals surface area (Å²) < 4.78 is 36.6. The van der Waals surface area contributed by atoms with Crippen molar-refractivity contribution in [2.45, 2.75) is 47.1 Å². The summed E-state index contributed by atoms with van der Waals surface area (Å²) in [5.41, 5.74) is -0.252. The molecule has 0 heterocycles. The van der Waals surface area contributed by atoms with E-state index in [1.165, 1.54) is 0 Å². The fourth-order valence-corrected chi connectivity index (χ4v) is 2.21. The summed E-state index contributed by atoms with van der Waals surface area (Å²) in [6.07, 6.45) is 0. The van der Waals surface area contributed by atoms with Gasteiger partial charge < -0.3 is 9.47 Å². The molecular weight excluding hydrogens is 266 g/mol. The number of nitrogens with one attached hydrogen (secondary N) is 1. The second-order valence-corrected chi connectivity index (χ2v) is 8.70. The summed E-state index contributed by atoms with van der Waals surface area (Å²) >= 11 is 0. The van der Waals surface area contributed by atoms with Gasteiger partial charge >= 0.3 is 0 Å². The van der Waals surface area contributed by atoms with Crippen LogP contribution in [0.25, 0.3) is 0 Å². The lowest BCUT2D eigenvalue weighted by molar-refractivity contribution is -0.0329. The van der Waals surface area contributed by atoms with Crippen LogP contribution in [0, 0.1) is 5.41 Å². The monoisotopic (exact) mass is 295 g/mol. The van der Waals surface area contributed by atoms with Gasteiger partial charge in [-0.05, 0) is 26.2 Å². The molecule has 0 bridgehead atoms. The zero-order valence-electron chi connectivity index (χ0n) is 13.1. The van der Waals surface area contributed by atoms with Crippen molar-refractivity contribution in [1.82, 2.24) is 4.72 Å². The van der Waals surface area contributed by atoms with E-state index in [4.69, 9.17) is 9.47 Å². The Hall–Kier alpha value is -0.170. The van der Waals surface area contributed by atoms with E-state index in [0.717, 1.165) is 0 Å². The van der Waals surface area contributed by atoms with Crippen LogP contribution in [-0.4, -0.2) is 46.1 Å². The molecule has 0 saturated heterocycles. The Balaban J connectivity index is 3.71. The highest BCUT2D eigenvalue weighted by molar-refractivity contribution is 7.89. The summed E-state index contributed by atoms with van der Waals surface area (Å²) in [5, 5.41) is 0. The van der Waals surface area contributed by atoms with Crippen LogP contribution in [0.1, 0.15) is 41.5 Å². The van der Waals surface area contributed by atoms with E-state index in [-0.39, 0.29) is 23.4 Å². The van der Waals surface area contributed by atoms with E-state index in [2.05, 4.69) is 4.72 Å². The Morgan fingerprint density at radius 1 is 0.947 bits per heavy atom. The van der Waals surface area contributed by atoms with Crippen molar-refractivity contribution in [1.29, 1.82) is 0 Å². The molecule has 0 aromatic rings. The van der Waals surface area contributed by atoms with Gasteiger partial charge in [0.05, 0.1) is 31.2 Å².